The lowest BCUT2D eigenvalue weighted by molar-refractivity contribution is 0.0696. The molecule has 0 aromatic heterocycles. The molecule has 1 aromatic carbocycles. The second kappa shape index (κ2) is 4.95. The lowest BCUT2D eigenvalue weighted by Crippen LogP contribution is -2.24. The molecule has 0 bridgehead atoms. The van der Waals surface area contributed by atoms with Crippen LogP contribution in [0.2, 0.25) is 0 Å². The van der Waals surface area contributed by atoms with Crippen LogP contribution in [-0.4, -0.2) is 26.0 Å². The van der Waals surface area contributed by atoms with E-state index in [1.165, 1.54) is 12.1 Å². The number of carboxylic acid groups (broad SMARTS) is 1. The standard InChI is InChI=1S/C10H10N2O4S/c1-7-2-3-8(6-9(7)10(13)14)17(15,16)12-5-4-11/h2-3,6,12H,5H2,1H3,(H,13,14). The van der Waals surface area contributed by atoms with Crippen LogP contribution in [-0.2, 0) is 10.0 Å². The Balaban J connectivity index is 3.21. The van der Waals surface area contributed by atoms with Gasteiger partial charge in [0.2, 0.25) is 10.0 Å². The molecule has 2 N–H and O–H groups in total. The smallest absolute Gasteiger partial charge is 0.335 e. The first-order valence-corrected chi connectivity index (χ1v) is 6.07. The van der Waals surface area contributed by atoms with Crippen molar-refractivity contribution in [1.82, 2.24) is 4.72 Å². The minimum Gasteiger partial charge on any atom is -0.478 e. The Kier molecular flexibility index (Phi) is 3.83. The van der Waals surface area contributed by atoms with Gasteiger partial charge in [0.05, 0.1) is 23.1 Å². The molecular weight excluding hydrogens is 244 g/mol. The summed E-state index contributed by atoms with van der Waals surface area (Å²) < 4.78 is 25.3. The zero-order chi connectivity index (χ0) is 13.1. The average Bonchev–Trinajstić information content (AvgIpc) is 2.26. The van der Waals surface area contributed by atoms with Crippen molar-refractivity contribution < 1.29 is 18.3 Å². The van der Waals surface area contributed by atoms with Crippen molar-refractivity contribution in [1.29, 1.82) is 5.26 Å². The number of carbonyl (C=O) groups is 1. The van der Waals surface area contributed by atoms with E-state index in [9.17, 15) is 13.2 Å². The van der Waals surface area contributed by atoms with Crippen molar-refractivity contribution in [3.8, 4) is 6.07 Å². The van der Waals surface area contributed by atoms with E-state index in [1.54, 1.807) is 13.0 Å². The number of rotatable bonds is 4. The van der Waals surface area contributed by atoms with Crippen molar-refractivity contribution in [3.05, 3.63) is 29.3 Å². The molecular formula is C10H10N2O4S. The van der Waals surface area contributed by atoms with E-state index >= 15 is 0 Å². The summed E-state index contributed by atoms with van der Waals surface area (Å²) in [5.41, 5.74) is 0.390. The molecule has 0 aliphatic carbocycles. The molecule has 0 spiro atoms. The van der Waals surface area contributed by atoms with Crippen molar-refractivity contribution in [3.63, 3.8) is 0 Å². The maximum Gasteiger partial charge on any atom is 0.335 e. The third-order valence-electron chi connectivity index (χ3n) is 2.09. The molecule has 7 heteroatoms. The van der Waals surface area contributed by atoms with Crippen molar-refractivity contribution in [2.75, 3.05) is 6.54 Å². The van der Waals surface area contributed by atoms with E-state index in [0.29, 0.717) is 5.56 Å². The Morgan fingerprint density at radius 2 is 2.18 bits per heavy atom. The Labute approximate surface area is 98.6 Å². The number of hydrogen-bond donors (Lipinski definition) is 2. The first-order valence-electron chi connectivity index (χ1n) is 4.59. The minimum absolute atomic E-state index is 0.0789. The molecule has 0 unspecified atom stereocenters. The van der Waals surface area contributed by atoms with E-state index < -0.39 is 16.0 Å². The van der Waals surface area contributed by atoms with Gasteiger partial charge < -0.3 is 5.11 Å². The quantitative estimate of drug-likeness (QED) is 0.760. The van der Waals surface area contributed by atoms with Gasteiger partial charge >= 0.3 is 5.97 Å². The normalized spacial score (nSPS) is 10.8. The largest absolute Gasteiger partial charge is 0.478 e. The summed E-state index contributed by atoms with van der Waals surface area (Å²) in [6.45, 7) is 1.21. The summed E-state index contributed by atoms with van der Waals surface area (Å²) in [4.78, 5) is 10.7. The van der Waals surface area contributed by atoms with Crippen LogP contribution in [0.4, 0.5) is 0 Å². The number of carboxylic acids is 1. The molecule has 90 valence electrons. The van der Waals surface area contributed by atoms with E-state index in [4.69, 9.17) is 10.4 Å². The van der Waals surface area contributed by atoms with Crippen molar-refractivity contribution in [2.45, 2.75) is 11.8 Å². The molecule has 0 fully saturated rings. The fraction of sp³-hybridized carbons (Fsp3) is 0.200. The van der Waals surface area contributed by atoms with Crippen LogP contribution in [0.3, 0.4) is 0 Å². The Hall–Kier alpha value is -1.91. The highest BCUT2D eigenvalue weighted by atomic mass is 32.2. The monoisotopic (exact) mass is 254 g/mol. The lowest BCUT2D eigenvalue weighted by atomic mass is 10.1. The molecule has 0 atom stereocenters. The van der Waals surface area contributed by atoms with Crippen LogP contribution in [0.25, 0.3) is 0 Å². The van der Waals surface area contributed by atoms with Crippen LogP contribution in [0.5, 0.6) is 0 Å². The minimum atomic E-state index is -3.83. The highest BCUT2D eigenvalue weighted by Gasteiger charge is 2.16. The van der Waals surface area contributed by atoms with Gasteiger partial charge in [0, 0.05) is 0 Å². The third kappa shape index (κ3) is 3.03. The van der Waals surface area contributed by atoms with E-state index in [0.717, 1.165) is 6.07 Å². The van der Waals surface area contributed by atoms with Crippen LogP contribution in [0.15, 0.2) is 23.1 Å². The number of benzene rings is 1. The van der Waals surface area contributed by atoms with E-state index in [2.05, 4.69) is 0 Å². The van der Waals surface area contributed by atoms with Gasteiger partial charge in [0.1, 0.15) is 0 Å². The first-order chi connectivity index (χ1) is 7.88. The van der Waals surface area contributed by atoms with Gasteiger partial charge in [-0.15, -0.1) is 0 Å². The summed E-state index contributed by atoms with van der Waals surface area (Å²) in [5, 5.41) is 17.2. The summed E-state index contributed by atoms with van der Waals surface area (Å²) in [7, 11) is -3.83. The predicted molar refractivity (Wildman–Crippen MR) is 58.9 cm³/mol. The van der Waals surface area contributed by atoms with Crippen LogP contribution in [0, 0.1) is 18.3 Å². The summed E-state index contributed by atoms with van der Waals surface area (Å²) >= 11 is 0. The zero-order valence-corrected chi connectivity index (χ0v) is 9.78. The summed E-state index contributed by atoms with van der Waals surface area (Å²) in [5.74, 6) is -1.19. The number of nitrogens with zero attached hydrogens (tertiary/aromatic N) is 1. The highest BCUT2D eigenvalue weighted by molar-refractivity contribution is 7.89. The third-order valence-corrected chi connectivity index (χ3v) is 3.49. The average molecular weight is 254 g/mol. The number of nitriles is 1. The Bertz CT molecular complexity index is 587. The van der Waals surface area contributed by atoms with Crippen molar-refractivity contribution >= 4 is 16.0 Å². The fourth-order valence-corrected chi connectivity index (χ4v) is 2.15. The van der Waals surface area contributed by atoms with E-state index in [1.807, 2.05) is 4.72 Å². The second-order valence-electron chi connectivity index (χ2n) is 3.26. The molecule has 1 rings (SSSR count). The van der Waals surface area contributed by atoms with Gasteiger partial charge in [-0.1, -0.05) is 6.07 Å². The molecule has 0 amide bonds. The maximum absolute atomic E-state index is 11.6. The van der Waals surface area contributed by atoms with Gasteiger partial charge in [0.15, 0.2) is 0 Å². The number of nitrogens with one attached hydrogen (secondary N) is 1. The molecule has 0 heterocycles. The zero-order valence-electron chi connectivity index (χ0n) is 8.97. The fourth-order valence-electron chi connectivity index (χ4n) is 1.21. The number of hydrogen-bond acceptors (Lipinski definition) is 4. The SMILES string of the molecule is Cc1ccc(S(=O)(=O)NCC#N)cc1C(=O)O. The Morgan fingerprint density at radius 3 is 2.71 bits per heavy atom. The topological polar surface area (TPSA) is 107 Å². The summed E-state index contributed by atoms with van der Waals surface area (Å²) in [6, 6.07) is 5.40. The van der Waals surface area contributed by atoms with Gasteiger partial charge in [0.25, 0.3) is 0 Å². The number of aromatic carboxylic acids is 1. The predicted octanol–water partition coefficient (Wildman–Crippen LogP) is 0.495. The highest BCUT2D eigenvalue weighted by Crippen LogP contribution is 2.15. The van der Waals surface area contributed by atoms with Gasteiger partial charge in [-0.3, -0.25) is 0 Å². The molecule has 6 nitrogen and oxygen atoms in total. The van der Waals surface area contributed by atoms with Crippen LogP contribution < -0.4 is 4.72 Å². The van der Waals surface area contributed by atoms with E-state index in [-0.39, 0.29) is 17.0 Å². The Morgan fingerprint density at radius 1 is 1.53 bits per heavy atom. The molecule has 0 saturated carbocycles. The number of sulfonamides is 1. The van der Waals surface area contributed by atoms with Gasteiger partial charge in [-0.2, -0.15) is 9.98 Å². The summed E-state index contributed by atoms with van der Waals surface area (Å²) in [6.07, 6.45) is 0. The molecule has 1 aromatic rings. The molecule has 0 aliphatic rings. The maximum atomic E-state index is 11.6. The van der Waals surface area contributed by atoms with Crippen LogP contribution in [0.1, 0.15) is 15.9 Å². The van der Waals surface area contributed by atoms with Crippen LogP contribution >= 0.6 is 0 Å². The molecule has 0 aliphatic heterocycles. The second-order valence-corrected chi connectivity index (χ2v) is 5.03. The molecule has 17 heavy (non-hydrogen) atoms. The van der Waals surface area contributed by atoms with Gasteiger partial charge in [-0.05, 0) is 24.6 Å². The lowest BCUT2D eigenvalue weighted by Gasteiger charge is -2.06. The van der Waals surface area contributed by atoms with Gasteiger partial charge in [-0.25, -0.2) is 13.2 Å². The number of aryl methyl sites for hydroxylation is 1. The molecule has 0 radical (unpaired) electrons. The van der Waals surface area contributed by atoms with Crippen molar-refractivity contribution in [2.24, 2.45) is 0 Å². The molecule has 0 saturated heterocycles. The first kappa shape index (κ1) is 13.2.